The van der Waals surface area contributed by atoms with Gasteiger partial charge in [0, 0.05) is 18.8 Å². The molecule has 1 atom stereocenters. The van der Waals surface area contributed by atoms with E-state index in [9.17, 15) is 4.79 Å². The summed E-state index contributed by atoms with van der Waals surface area (Å²) < 4.78 is 10.6. The van der Waals surface area contributed by atoms with E-state index in [-0.39, 0.29) is 12.1 Å². The van der Waals surface area contributed by atoms with Gasteiger partial charge in [-0.3, -0.25) is 4.79 Å². The highest BCUT2D eigenvalue weighted by Gasteiger charge is 2.17. The topological polar surface area (TPSA) is 47.6 Å². The van der Waals surface area contributed by atoms with Crippen LogP contribution in [-0.2, 0) is 14.3 Å². The summed E-state index contributed by atoms with van der Waals surface area (Å²) in [7, 11) is 0. The highest BCUT2D eigenvalue weighted by molar-refractivity contribution is 5.70. The van der Waals surface area contributed by atoms with Gasteiger partial charge in [0.05, 0.1) is 12.5 Å². The van der Waals surface area contributed by atoms with E-state index >= 15 is 0 Å². The minimum Gasteiger partial charge on any atom is -0.463 e. The van der Waals surface area contributed by atoms with Crippen molar-refractivity contribution < 1.29 is 14.3 Å². The molecule has 4 nitrogen and oxygen atoms in total. The minimum atomic E-state index is -0.170. The number of hydrogen-bond acceptors (Lipinski definition) is 4. The van der Waals surface area contributed by atoms with Crippen molar-refractivity contribution in [2.24, 2.45) is 0 Å². The van der Waals surface area contributed by atoms with Gasteiger partial charge in [-0.05, 0) is 31.4 Å². The first-order valence-electron chi connectivity index (χ1n) is 6.82. The number of rotatable bonds is 6. The van der Waals surface area contributed by atoms with Crippen LogP contribution in [0.3, 0.4) is 0 Å². The van der Waals surface area contributed by atoms with E-state index in [1.165, 1.54) is 5.56 Å². The van der Waals surface area contributed by atoms with Crippen molar-refractivity contribution in [2.45, 2.75) is 32.3 Å². The first-order valence-corrected chi connectivity index (χ1v) is 6.82. The number of hydrogen-bond donors (Lipinski definition) is 1. The summed E-state index contributed by atoms with van der Waals surface area (Å²) in [4.78, 5) is 11.6. The lowest BCUT2D eigenvalue weighted by molar-refractivity contribution is -0.146. The molecule has 1 unspecified atom stereocenters. The summed E-state index contributed by atoms with van der Waals surface area (Å²) in [5, 5.41) is 3.24. The molecule has 0 aliphatic carbocycles. The Kier molecular flexibility index (Phi) is 5.21. The fourth-order valence-corrected chi connectivity index (χ4v) is 2.10. The number of anilines is 1. The molecule has 19 heavy (non-hydrogen) atoms. The lowest BCUT2D eigenvalue weighted by Gasteiger charge is -2.11. The van der Waals surface area contributed by atoms with Gasteiger partial charge in [-0.2, -0.15) is 0 Å². The number of ether oxygens (including phenoxy) is 2. The highest BCUT2D eigenvalue weighted by Crippen LogP contribution is 2.13. The fourth-order valence-electron chi connectivity index (χ4n) is 2.10. The average molecular weight is 263 g/mol. The molecule has 1 aliphatic heterocycles. The van der Waals surface area contributed by atoms with Gasteiger partial charge in [0.15, 0.2) is 0 Å². The molecule has 1 saturated heterocycles. The molecule has 1 fully saturated rings. The smallest absolute Gasteiger partial charge is 0.307 e. The standard InChI is InChI=1S/C15H21NO3/c1-12-5-2-3-7-14(12)16-9-8-15(17)19-11-13-6-4-10-18-13/h2-3,5,7,13,16H,4,6,8-11H2,1H3. The predicted molar refractivity (Wildman–Crippen MR) is 74.2 cm³/mol. The molecule has 1 aliphatic rings. The molecule has 4 heteroatoms. The molecule has 0 saturated carbocycles. The van der Waals surface area contributed by atoms with Crippen LogP contribution in [0.1, 0.15) is 24.8 Å². The molecular weight excluding hydrogens is 242 g/mol. The number of benzene rings is 1. The summed E-state index contributed by atoms with van der Waals surface area (Å²) in [6, 6.07) is 8.02. The van der Waals surface area contributed by atoms with Crippen molar-refractivity contribution in [1.29, 1.82) is 0 Å². The van der Waals surface area contributed by atoms with Gasteiger partial charge in [0.2, 0.25) is 0 Å². The third kappa shape index (κ3) is 4.56. The molecule has 104 valence electrons. The minimum absolute atomic E-state index is 0.105. The van der Waals surface area contributed by atoms with Gasteiger partial charge < -0.3 is 14.8 Å². The van der Waals surface area contributed by atoms with E-state index in [1.54, 1.807) is 0 Å². The maximum Gasteiger partial charge on any atom is 0.307 e. The quantitative estimate of drug-likeness (QED) is 0.801. The third-order valence-electron chi connectivity index (χ3n) is 3.24. The van der Waals surface area contributed by atoms with E-state index in [4.69, 9.17) is 9.47 Å². The van der Waals surface area contributed by atoms with Crippen LogP contribution in [-0.4, -0.2) is 31.8 Å². The number of carbonyl (C=O) groups excluding carboxylic acids is 1. The van der Waals surface area contributed by atoms with Gasteiger partial charge >= 0.3 is 5.97 Å². The summed E-state index contributed by atoms with van der Waals surface area (Å²) in [6.45, 7) is 3.81. The van der Waals surface area contributed by atoms with Crippen molar-refractivity contribution in [2.75, 3.05) is 25.1 Å². The van der Waals surface area contributed by atoms with Crippen molar-refractivity contribution in [1.82, 2.24) is 0 Å². The zero-order chi connectivity index (χ0) is 13.5. The van der Waals surface area contributed by atoms with E-state index in [0.717, 1.165) is 25.1 Å². The Morgan fingerprint density at radius 2 is 2.32 bits per heavy atom. The van der Waals surface area contributed by atoms with Crippen molar-refractivity contribution >= 4 is 11.7 Å². The van der Waals surface area contributed by atoms with Crippen molar-refractivity contribution in [3.05, 3.63) is 29.8 Å². The largest absolute Gasteiger partial charge is 0.463 e. The normalized spacial score (nSPS) is 18.3. The maximum atomic E-state index is 11.6. The highest BCUT2D eigenvalue weighted by atomic mass is 16.6. The molecule has 0 bridgehead atoms. The zero-order valence-corrected chi connectivity index (χ0v) is 11.4. The van der Waals surface area contributed by atoms with Gasteiger partial charge in [-0.15, -0.1) is 0 Å². The number of nitrogens with one attached hydrogen (secondary N) is 1. The Balaban J connectivity index is 1.62. The molecule has 1 heterocycles. The Labute approximate surface area is 114 Å². The number of carbonyl (C=O) groups is 1. The predicted octanol–water partition coefficient (Wildman–Crippen LogP) is 2.52. The number of para-hydroxylation sites is 1. The van der Waals surface area contributed by atoms with Crippen LogP contribution >= 0.6 is 0 Å². The lowest BCUT2D eigenvalue weighted by Crippen LogP contribution is -2.19. The monoisotopic (exact) mass is 263 g/mol. The van der Waals surface area contributed by atoms with Crippen LogP contribution in [0.25, 0.3) is 0 Å². The molecular formula is C15H21NO3. The van der Waals surface area contributed by atoms with E-state index in [1.807, 2.05) is 31.2 Å². The molecule has 0 amide bonds. The molecule has 1 aromatic rings. The summed E-state index contributed by atoms with van der Waals surface area (Å²) >= 11 is 0. The van der Waals surface area contributed by atoms with Gasteiger partial charge in [0.1, 0.15) is 6.61 Å². The lowest BCUT2D eigenvalue weighted by atomic mass is 10.2. The van der Waals surface area contributed by atoms with Crippen LogP contribution in [0, 0.1) is 6.92 Å². The Bertz CT molecular complexity index is 414. The Hall–Kier alpha value is -1.55. The van der Waals surface area contributed by atoms with Crippen LogP contribution in [0.5, 0.6) is 0 Å². The van der Waals surface area contributed by atoms with E-state index in [2.05, 4.69) is 5.32 Å². The van der Waals surface area contributed by atoms with Crippen LogP contribution in [0.4, 0.5) is 5.69 Å². The second-order valence-corrected chi connectivity index (χ2v) is 4.81. The molecule has 0 spiro atoms. The Morgan fingerprint density at radius 1 is 1.47 bits per heavy atom. The third-order valence-corrected chi connectivity index (χ3v) is 3.24. The molecule has 1 aromatic carbocycles. The number of esters is 1. The van der Waals surface area contributed by atoms with E-state index in [0.29, 0.717) is 19.6 Å². The average Bonchev–Trinajstić information content (AvgIpc) is 2.92. The van der Waals surface area contributed by atoms with Crippen LogP contribution < -0.4 is 5.32 Å². The second-order valence-electron chi connectivity index (χ2n) is 4.81. The summed E-state index contributed by atoms with van der Waals surface area (Å²) in [5.74, 6) is -0.170. The second kappa shape index (κ2) is 7.14. The molecule has 2 rings (SSSR count). The Morgan fingerprint density at radius 3 is 3.05 bits per heavy atom. The van der Waals surface area contributed by atoms with E-state index < -0.39 is 0 Å². The summed E-state index contributed by atoms with van der Waals surface area (Å²) in [6.07, 6.45) is 2.54. The van der Waals surface area contributed by atoms with Gasteiger partial charge in [0.25, 0.3) is 0 Å². The molecule has 1 N–H and O–H groups in total. The first-order chi connectivity index (χ1) is 9.25. The molecule has 0 aromatic heterocycles. The zero-order valence-electron chi connectivity index (χ0n) is 11.4. The number of aryl methyl sites for hydroxylation is 1. The maximum absolute atomic E-state index is 11.6. The van der Waals surface area contributed by atoms with Gasteiger partial charge in [-0.25, -0.2) is 0 Å². The SMILES string of the molecule is Cc1ccccc1NCCC(=O)OCC1CCCO1. The van der Waals surface area contributed by atoms with Crippen molar-refractivity contribution in [3.63, 3.8) is 0 Å². The van der Waals surface area contributed by atoms with Crippen LogP contribution in [0.15, 0.2) is 24.3 Å². The van der Waals surface area contributed by atoms with Crippen LogP contribution in [0.2, 0.25) is 0 Å². The molecule has 0 radical (unpaired) electrons. The fraction of sp³-hybridized carbons (Fsp3) is 0.533. The first kappa shape index (κ1) is 13.9. The van der Waals surface area contributed by atoms with Crippen molar-refractivity contribution in [3.8, 4) is 0 Å². The summed E-state index contributed by atoms with van der Waals surface area (Å²) in [5.41, 5.74) is 2.24. The van der Waals surface area contributed by atoms with Gasteiger partial charge in [-0.1, -0.05) is 18.2 Å².